The molecule has 3 rings (SSSR count). The van der Waals surface area contributed by atoms with Gasteiger partial charge in [-0.3, -0.25) is 0 Å². The molecule has 1 unspecified atom stereocenters. The number of nitriles is 1. The summed E-state index contributed by atoms with van der Waals surface area (Å²) in [7, 11) is 0. The fourth-order valence-electron chi connectivity index (χ4n) is 2.72. The van der Waals surface area contributed by atoms with Crippen LogP contribution < -0.4 is 16.4 Å². The molecule has 0 amide bonds. The van der Waals surface area contributed by atoms with E-state index in [2.05, 4.69) is 28.6 Å². The van der Waals surface area contributed by atoms with Gasteiger partial charge in [-0.05, 0) is 42.5 Å². The average Bonchev–Trinajstić information content (AvgIpc) is 2.97. The van der Waals surface area contributed by atoms with Crippen molar-refractivity contribution in [2.45, 2.75) is 26.3 Å². The lowest BCUT2D eigenvalue weighted by Crippen LogP contribution is -2.25. The molecular formula is C19H21N5S. The minimum absolute atomic E-state index is 0.204. The number of fused-ring (bicyclic) bond motifs is 1. The van der Waals surface area contributed by atoms with Crippen molar-refractivity contribution in [3.63, 3.8) is 0 Å². The Morgan fingerprint density at radius 3 is 2.88 bits per heavy atom. The van der Waals surface area contributed by atoms with Gasteiger partial charge in [0.15, 0.2) is 0 Å². The Hall–Kier alpha value is -2.62. The van der Waals surface area contributed by atoms with E-state index >= 15 is 0 Å². The van der Waals surface area contributed by atoms with Crippen molar-refractivity contribution >= 4 is 37.9 Å². The molecule has 5 nitrogen and oxygen atoms in total. The summed E-state index contributed by atoms with van der Waals surface area (Å²) in [6.07, 6.45) is 2.69. The minimum Gasteiger partial charge on any atom is -0.381 e. The molecule has 2 aromatic heterocycles. The number of hydrogen-bond acceptors (Lipinski definition) is 6. The Labute approximate surface area is 151 Å². The third kappa shape index (κ3) is 3.73. The van der Waals surface area contributed by atoms with Crippen LogP contribution in [0.2, 0.25) is 0 Å². The van der Waals surface area contributed by atoms with E-state index in [1.807, 2.05) is 37.3 Å². The molecule has 0 fully saturated rings. The summed E-state index contributed by atoms with van der Waals surface area (Å²) >= 11 is 1.65. The molecule has 0 aliphatic carbocycles. The van der Waals surface area contributed by atoms with Gasteiger partial charge in [0.25, 0.3) is 0 Å². The largest absolute Gasteiger partial charge is 0.381 e. The lowest BCUT2D eigenvalue weighted by molar-refractivity contribution is 0.804. The maximum atomic E-state index is 9.10. The molecule has 6 heteroatoms. The van der Waals surface area contributed by atoms with Crippen LogP contribution in [0.25, 0.3) is 10.1 Å². The molecule has 0 aliphatic rings. The van der Waals surface area contributed by atoms with Gasteiger partial charge in [0.1, 0.15) is 5.82 Å². The summed E-state index contributed by atoms with van der Waals surface area (Å²) in [6, 6.07) is 12.2. The molecule has 25 heavy (non-hydrogen) atoms. The van der Waals surface area contributed by atoms with Crippen LogP contribution in [0.4, 0.5) is 16.5 Å². The Balaban J connectivity index is 1.92. The van der Waals surface area contributed by atoms with Crippen molar-refractivity contribution in [1.29, 1.82) is 5.26 Å². The van der Waals surface area contributed by atoms with E-state index in [9.17, 15) is 0 Å². The maximum absolute atomic E-state index is 9.10. The van der Waals surface area contributed by atoms with Gasteiger partial charge < -0.3 is 16.4 Å². The Bertz CT molecular complexity index is 925. The molecule has 1 atom stereocenters. The molecule has 0 spiro atoms. The van der Waals surface area contributed by atoms with Crippen LogP contribution in [0.5, 0.6) is 0 Å². The fraction of sp³-hybridized carbons (Fsp3) is 0.263. The number of aromatic nitrogens is 1. The number of pyridine rings is 1. The molecule has 0 aliphatic heterocycles. The van der Waals surface area contributed by atoms with Gasteiger partial charge in [-0.1, -0.05) is 13.0 Å². The van der Waals surface area contributed by atoms with Crippen LogP contribution in [0.15, 0.2) is 36.5 Å². The van der Waals surface area contributed by atoms with E-state index in [1.165, 1.54) is 10.9 Å². The zero-order chi connectivity index (χ0) is 17.8. The zero-order valence-electron chi connectivity index (χ0n) is 14.3. The van der Waals surface area contributed by atoms with Crippen molar-refractivity contribution in [3.8, 4) is 6.07 Å². The second kappa shape index (κ2) is 7.51. The summed E-state index contributed by atoms with van der Waals surface area (Å²) < 4.78 is 1.12. The standard InChI is InChI=1S/C19H21N5S/c1-3-15-16-5-4-13(11-21)8-17(16)25-19(15)24-18-9-14(6-7-22-18)23-12(2)10-20/h4-9,12H,3,10,20H2,1-2H3,(H2,22,23,24). The van der Waals surface area contributed by atoms with Crippen LogP contribution in [0, 0.1) is 11.3 Å². The number of nitrogens with two attached hydrogens (primary N) is 1. The third-order valence-corrected chi connectivity index (χ3v) is 5.15. The van der Waals surface area contributed by atoms with Crippen LogP contribution in [0.3, 0.4) is 0 Å². The monoisotopic (exact) mass is 351 g/mol. The molecule has 2 heterocycles. The van der Waals surface area contributed by atoms with E-state index < -0.39 is 0 Å². The number of rotatable bonds is 6. The van der Waals surface area contributed by atoms with E-state index in [4.69, 9.17) is 11.0 Å². The number of nitrogens with one attached hydrogen (secondary N) is 2. The van der Waals surface area contributed by atoms with Crippen molar-refractivity contribution < 1.29 is 0 Å². The molecule has 0 saturated heterocycles. The average molecular weight is 351 g/mol. The van der Waals surface area contributed by atoms with Gasteiger partial charge in [0.05, 0.1) is 16.6 Å². The predicted molar refractivity (Wildman–Crippen MR) is 106 cm³/mol. The molecule has 3 aromatic rings. The number of hydrogen-bond donors (Lipinski definition) is 3. The SMILES string of the molecule is CCc1c(Nc2cc(NC(C)CN)ccn2)sc2cc(C#N)ccc12. The highest BCUT2D eigenvalue weighted by molar-refractivity contribution is 7.23. The summed E-state index contributed by atoms with van der Waals surface area (Å²) in [5, 5.41) is 18.2. The van der Waals surface area contributed by atoms with Crippen molar-refractivity contribution in [2.24, 2.45) is 5.73 Å². The number of benzene rings is 1. The van der Waals surface area contributed by atoms with Crippen LogP contribution in [0.1, 0.15) is 25.0 Å². The maximum Gasteiger partial charge on any atom is 0.132 e. The zero-order valence-corrected chi connectivity index (χ0v) is 15.2. The molecular weight excluding hydrogens is 330 g/mol. The van der Waals surface area contributed by atoms with Crippen molar-refractivity contribution in [3.05, 3.63) is 47.7 Å². The summed E-state index contributed by atoms with van der Waals surface area (Å²) in [6.45, 7) is 4.75. The number of thiophene rings is 1. The van der Waals surface area contributed by atoms with Gasteiger partial charge in [-0.15, -0.1) is 11.3 Å². The van der Waals surface area contributed by atoms with E-state index in [0.29, 0.717) is 12.1 Å². The number of nitrogens with zero attached hydrogens (tertiary/aromatic N) is 2. The van der Waals surface area contributed by atoms with Crippen LogP contribution in [-0.4, -0.2) is 17.6 Å². The molecule has 0 bridgehead atoms. The first kappa shape index (κ1) is 17.2. The van der Waals surface area contributed by atoms with Gasteiger partial charge >= 0.3 is 0 Å². The van der Waals surface area contributed by atoms with Crippen molar-refractivity contribution in [1.82, 2.24) is 4.98 Å². The Morgan fingerprint density at radius 1 is 1.32 bits per heavy atom. The lowest BCUT2D eigenvalue weighted by atomic mass is 10.1. The number of aryl methyl sites for hydroxylation is 1. The molecule has 128 valence electrons. The first-order chi connectivity index (χ1) is 12.1. The van der Waals surface area contributed by atoms with E-state index in [0.717, 1.165) is 27.6 Å². The highest BCUT2D eigenvalue weighted by Gasteiger charge is 2.12. The van der Waals surface area contributed by atoms with Gasteiger partial charge in [0.2, 0.25) is 0 Å². The summed E-state index contributed by atoms with van der Waals surface area (Å²) in [4.78, 5) is 4.42. The molecule has 0 radical (unpaired) electrons. The molecule has 4 N–H and O–H groups in total. The smallest absolute Gasteiger partial charge is 0.132 e. The second-order valence-electron chi connectivity index (χ2n) is 5.92. The Morgan fingerprint density at radius 2 is 2.16 bits per heavy atom. The van der Waals surface area contributed by atoms with Crippen LogP contribution >= 0.6 is 11.3 Å². The predicted octanol–water partition coefficient (Wildman–Crippen LogP) is 4.23. The van der Waals surface area contributed by atoms with E-state index in [1.54, 1.807) is 17.5 Å². The highest BCUT2D eigenvalue weighted by atomic mass is 32.1. The fourth-order valence-corrected chi connectivity index (χ4v) is 3.96. The highest BCUT2D eigenvalue weighted by Crippen LogP contribution is 2.38. The van der Waals surface area contributed by atoms with E-state index in [-0.39, 0.29) is 6.04 Å². The third-order valence-electron chi connectivity index (χ3n) is 4.04. The summed E-state index contributed by atoms with van der Waals surface area (Å²) in [5.41, 5.74) is 8.59. The lowest BCUT2D eigenvalue weighted by Gasteiger charge is -2.14. The Kier molecular flexibility index (Phi) is 5.17. The minimum atomic E-state index is 0.204. The van der Waals surface area contributed by atoms with Gasteiger partial charge in [-0.2, -0.15) is 5.26 Å². The molecule has 1 aromatic carbocycles. The second-order valence-corrected chi connectivity index (χ2v) is 6.97. The molecule has 0 saturated carbocycles. The summed E-state index contributed by atoms with van der Waals surface area (Å²) in [5.74, 6) is 0.788. The van der Waals surface area contributed by atoms with Crippen LogP contribution in [-0.2, 0) is 6.42 Å². The van der Waals surface area contributed by atoms with Crippen molar-refractivity contribution in [2.75, 3.05) is 17.2 Å². The topological polar surface area (TPSA) is 86.8 Å². The first-order valence-corrected chi connectivity index (χ1v) is 9.11. The normalized spacial score (nSPS) is 11.9. The number of anilines is 3. The van der Waals surface area contributed by atoms with Gasteiger partial charge in [-0.25, -0.2) is 4.98 Å². The van der Waals surface area contributed by atoms with Gasteiger partial charge in [0, 0.05) is 35.2 Å². The first-order valence-electron chi connectivity index (χ1n) is 8.29. The quantitative estimate of drug-likeness (QED) is 0.618.